The summed E-state index contributed by atoms with van der Waals surface area (Å²) in [6.07, 6.45) is 0.649. The third-order valence-electron chi connectivity index (χ3n) is 4.19. The lowest BCUT2D eigenvalue weighted by Crippen LogP contribution is -2.40. The number of carbonyl (C=O) groups excluding carboxylic acids is 1. The van der Waals surface area contributed by atoms with Crippen LogP contribution in [0.4, 0.5) is 9.59 Å². The van der Waals surface area contributed by atoms with Crippen LogP contribution in [0.3, 0.4) is 0 Å². The average molecular weight is 438 g/mol. The van der Waals surface area contributed by atoms with Crippen molar-refractivity contribution in [3.05, 3.63) is 35.5 Å². The molecule has 30 heavy (non-hydrogen) atoms. The molecule has 1 N–H and O–H groups in total. The Morgan fingerprint density at radius 2 is 1.90 bits per heavy atom. The van der Waals surface area contributed by atoms with Crippen LogP contribution in [0, 0.1) is 0 Å². The van der Waals surface area contributed by atoms with Crippen LogP contribution in [-0.4, -0.2) is 71.0 Å². The predicted octanol–water partition coefficient (Wildman–Crippen LogP) is 4.50. The minimum Gasteiger partial charge on any atom is -0.492 e. The molecule has 2 amide bonds. The van der Waals surface area contributed by atoms with Gasteiger partial charge in [-0.3, -0.25) is 4.98 Å². The number of carboxylic acid groups (broad SMARTS) is 1. The molecule has 0 unspecified atom stereocenters. The number of hydrogen-bond acceptors (Lipinski definition) is 5. The molecule has 164 valence electrons. The molecule has 0 saturated carbocycles. The highest BCUT2D eigenvalue weighted by Gasteiger charge is 2.22. The molecule has 0 saturated heterocycles. The van der Waals surface area contributed by atoms with Crippen LogP contribution in [0.15, 0.2) is 30.5 Å². The zero-order valence-corrected chi connectivity index (χ0v) is 18.5. The molecular weight excluding hydrogens is 410 g/mol. The lowest BCUT2D eigenvalue weighted by molar-refractivity contribution is 0.0221. The molecule has 0 bridgehead atoms. The Bertz CT molecular complexity index is 885. The SMILES string of the molecule is CN(CCCN(CCOc1ccc2c(Cl)ccnc2c1)C(=O)OC(C)(C)C)C(=O)O. The molecule has 1 heterocycles. The smallest absolute Gasteiger partial charge is 0.410 e. The predicted molar refractivity (Wildman–Crippen MR) is 115 cm³/mol. The zero-order valence-electron chi connectivity index (χ0n) is 17.7. The Morgan fingerprint density at radius 1 is 1.17 bits per heavy atom. The molecular formula is C21H28ClN3O5. The van der Waals surface area contributed by atoms with E-state index >= 15 is 0 Å². The third kappa shape index (κ3) is 7.26. The summed E-state index contributed by atoms with van der Waals surface area (Å²) in [7, 11) is 1.49. The molecule has 0 aliphatic carbocycles. The van der Waals surface area contributed by atoms with E-state index < -0.39 is 17.8 Å². The number of ether oxygens (including phenoxy) is 2. The van der Waals surface area contributed by atoms with Gasteiger partial charge in [0.15, 0.2) is 0 Å². The van der Waals surface area contributed by atoms with E-state index in [0.717, 1.165) is 10.9 Å². The number of nitrogens with zero attached hydrogens (tertiary/aromatic N) is 3. The van der Waals surface area contributed by atoms with E-state index in [4.69, 9.17) is 26.2 Å². The molecule has 0 aliphatic rings. The van der Waals surface area contributed by atoms with Crippen LogP contribution in [0.2, 0.25) is 5.02 Å². The summed E-state index contributed by atoms with van der Waals surface area (Å²) in [5.74, 6) is 0.618. The van der Waals surface area contributed by atoms with Crippen molar-refractivity contribution in [2.45, 2.75) is 32.8 Å². The second-order valence-electron chi connectivity index (χ2n) is 7.85. The molecule has 2 aromatic rings. The van der Waals surface area contributed by atoms with Gasteiger partial charge in [0, 0.05) is 37.8 Å². The summed E-state index contributed by atoms with van der Waals surface area (Å²) >= 11 is 6.15. The second-order valence-corrected chi connectivity index (χ2v) is 8.25. The minimum atomic E-state index is -1.01. The maximum absolute atomic E-state index is 12.5. The van der Waals surface area contributed by atoms with Gasteiger partial charge in [0.2, 0.25) is 0 Å². The number of fused-ring (bicyclic) bond motifs is 1. The number of pyridine rings is 1. The molecule has 9 heteroatoms. The first kappa shape index (κ1) is 23.5. The van der Waals surface area contributed by atoms with Crippen molar-refractivity contribution in [3.8, 4) is 5.75 Å². The first-order valence-corrected chi connectivity index (χ1v) is 10.0. The average Bonchev–Trinajstić information content (AvgIpc) is 2.65. The van der Waals surface area contributed by atoms with Crippen molar-refractivity contribution in [2.24, 2.45) is 0 Å². The molecule has 0 aliphatic heterocycles. The lowest BCUT2D eigenvalue weighted by atomic mass is 10.2. The Morgan fingerprint density at radius 3 is 2.57 bits per heavy atom. The van der Waals surface area contributed by atoms with Crippen molar-refractivity contribution < 1.29 is 24.2 Å². The van der Waals surface area contributed by atoms with E-state index in [-0.39, 0.29) is 6.61 Å². The molecule has 0 atom stereocenters. The monoisotopic (exact) mass is 437 g/mol. The fourth-order valence-corrected chi connectivity index (χ4v) is 2.89. The van der Waals surface area contributed by atoms with Gasteiger partial charge in [-0.05, 0) is 45.4 Å². The zero-order chi connectivity index (χ0) is 22.3. The van der Waals surface area contributed by atoms with E-state index in [9.17, 15) is 9.59 Å². The Kier molecular flexibility index (Phi) is 8.11. The standard InChI is InChI=1S/C21H28ClN3O5/c1-21(2,3)30-20(28)25(11-5-10-24(4)19(26)27)12-13-29-15-6-7-16-17(22)8-9-23-18(16)14-15/h6-9,14H,5,10-13H2,1-4H3,(H,26,27). The summed E-state index contributed by atoms with van der Waals surface area (Å²) in [5, 5.41) is 10.4. The molecule has 0 radical (unpaired) electrons. The van der Waals surface area contributed by atoms with E-state index in [1.807, 2.05) is 6.07 Å². The van der Waals surface area contributed by atoms with Gasteiger partial charge in [0.1, 0.15) is 18.0 Å². The Balaban J connectivity index is 1.97. The normalized spacial score (nSPS) is 11.2. The van der Waals surface area contributed by atoms with Gasteiger partial charge in [0.05, 0.1) is 17.1 Å². The van der Waals surface area contributed by atoms with E-state index in [1.54, 1.807) is 45.2 Å². The van der Waals surface area contributed by atoms with Crippen LogP contribution in [0.5, 0.6) is 5.75 Å². The lowest BCUT2D eigenvalue weighted by Gasteiger charge is -2.28. The number of benzene rings is 1. The molecule has 1 aromatic heterocycles. The van der Waals surface area contributed by atoms with Gasteiger partial charge in [-0.1, -0.05) is 11.6 Å². The van der Waals surface area contributed by atoms with Crippen LogP contribution < -0.4 is 4.74 Å². The van der Waals surface area contributed by atoms with Crippen LogP contribution >= 0.6 is 11.6 Å². The third-order valence-corrected chi connectivity index (χ3v) is 4.52. The van der Waals surface area contributed by atoms with Crippen molar-refractivity contribution in [1.82, 2.24) is 14.8 Å². The summed E-state index contributed by atoms with van der Waals surface area (Å²) in [6, 6.07) is 7.16. The highest BCUT2D eigenvalue weighted by Crippen LogP contribution is 2.25. The van der Waals surface area contributed by atoms with E-state index in [1.165, 1.54) is 16.8 Å². The summed E-state index contributed by atoms with van der Waals surface area (Å²) in [4.78, 5) is 30.4. The first-order chi connectivity index (χ1) is 14.1. The van der Waals surface area contributed by atoms with Crippen molar-refractivity contribution >= 4 is 34.7 Å². The highest BCUT2D eigenvalue weighted by atomic mass is 35.5. The van der Waals surface area contributed by atoms with Crippen LogP contribution in [0.25, 0.3) is 10.9 Å². The van der Waals surface area contributed by atoms with Crippen molar-refractivity contribution in [2.75, 3.05) is 33.3 Å². The second kappa shape index (κ2) is 10.3. The Hall–Kier alpha value is -2.74. The first-order valence-electron chi connectivity index (χ1n) is 9.66. The fourth-order valence-electron chi connectivity index (χ4n) is 2.67. The number of carbonyl (C=O) groups is 2. The number of hydrogen-bond donors (Lipinski definition) is 1. The minimum absolute atomic E-state index is 0.250. The summed E-state index contributed by atoms with van der Waals surface area (Å²) in [5.41, 5.74) is 0.0952. The van der Waals surface area contributed by atoms with Crippen LogP contribution in [-0.2, 0) is 4.74 Å². The van der Waals surface area contributed by atoms with Crippen molar-refractivity contribution in [1.29, 1.82) is 0 Å². The van der Waals surface area contributed by atoms with E-state index in [2.05, 4.69) is 4.98 Å². The van der Waals surface area contributed by atoms with E-state index in [0.29, 0.717) is 36.8 Å². The summed E-state index contributed by atoms with van der Waals surface area (Å²) in [6.45, 7) is 6.60. The molecule has 1 aromatic carbocycles. The van der Waals surface area contributed by atoms with Gasteiger partial charge < -0.3 is 24.4 Å². The number of amides is 2. The van der Waals surface area contributed by atoms with Gasteiger partial charge in [0.25, 0.3) is 0 Å². The maximum atomic E-state index is 12.5. The van der Waals surface area contributed by atoms with Gasteiger partial charge >= 0.3 is 12.2 Å². The van der Waals surface area contributed by atoms with Crippen molar-refractivity contribution in [3.63, 3.8) is 0 Å². The topological polar surface area (TPSA) is 92.2 Å². The molecule has 2 rings (SSSR count). The highest BCUT2D eigenvalue weighted by molar-refractivity contribution is 6.35. The molecule has 8 nitrogen and oxygen atoms in total. The molecule has 0 fully saturated rings. The summed E-state index contributed by atoms with van der Waals surface area (Å²) < 4.78 is 11.2. The Labute approximate surface area is 181 Å². The van der Waals surface area contributed by atoms with Gasteiger partial charge in [-0.25, -0.2) is 9.59 Å². The van der Waals surface area contributed by atoms with Crippen LogP contribution in [0.1, 0.15) is 27.2 Å². The maximum Gasteiger partial charge on any atom is 0.410 e. The van der Waals surface area contributed by atoms with Gasteiger partial charge in [-0.15, -0.1) is 0 Å². The number of rotatable bonds is 8. The molecule has 0 spiro atoms. The van der Waals surface area contributed by atoms with Gasteiger partial charge in [-0.2, -0.15) is 0 Å². The fraction of sp³-hybridized carbons (Fsp3) is 0.476. The largest absolute Gasteiger partial charge is 0.492 e. The number of aromatic nitrogens is 1. The quantitative estimate of drug-likeness (QED) is 0.653. The number of halogens is 1.